The Morgan fingerprint density at radius 1 is 1.14 bits per heavy atom. The Kier molecular flexibility index (Phi) is 7.49. The second kappa shape index (κ2) is 11.4. The number of sulfonamides is 1. The van der Waals surface area contributed by atoms with Gasteiger partial charge in [-0.3, -0.25) is 4.79 Å². The van der Waals surface area contributed by atoms with Crippen molar-refractivity contribution in [2.45, 2.75) is 25.4 Å². The van der Waals surface area contributed by atoms with E-state index in [1.165, 1.54) is 6.07 Å². The lowest BCUT2D eigenvalue weighted by molar-refractivity contribution is 0.0977. The molecule has 0 spiro atoms. The molecule has 4 aromatic rings. The molecule has 5 heterocycles. The molecular weight excluding hydrogens is 558 g/mol. The second-order valence-corrected chi connectivity index (χ2v) is 12.2. The Morgan fingerprint density at radius 3 is 2.57 bits per heavy atom. The number of anilines is 1. The van der Waals surface area contributed by atoms with E-state index in [-0.39, 0.29) is 17.7 Å². The lowest BCUT2D eigenvalue weighted by Gasteiger charge is -2.30. The first-order chi connectivity index (χ1) is 20.3. The third-order valence-corrected chi connectivity index (χ3v) is 7.90. The van der Waals surface area contributed by atoms with Gasteiger partial charge >= 0.3 is 0 Å². The Morgan fingerprint density at radius 2 is 1.93 bits per heavy atom. The number of ether oxygens (including phenoxy) is 2. The van der Waals surface area contributed by atoms with Crippen molar-refractivity contribution in [2.24, 2.45) is 5.92 Å². The normalized spacial score (nSPS) is 17.7. The number of carbonyl (C=O) groups excluding carboxylic acids is 1. The molecule has 0 radical (unpaired) electrons. The lowest BCUT2D eigenvalue weighted by atomic mass is 9.98. The molecule has 1 amide bonds. The number of amides is 1. The summed E-state index contributed by atoms with van der Waals surface area (Å²) in [5, 5.41) is 14.6. The second-order valence-electron chi connectivity index (χ2n) is 10.4. The monoisotopic (exact) mass is 587 g/mol. The van der Waals surface area contributed by atoms with Crippen LogP contribution in [-0.4, -0.2) is 72.7 Å². The highest BCUT2D eigenvalue weighted by molar-refractivity contribution is 7.89. The number of nitrogens with one attached hydrogen (secondary N) is 1. The molecule has 2 fully saturated rings. The van der Waals surface area contributed by atoms with Gasteiger partial charge < -0.3 is 14.4 Å². The van der Waals surface area contributed by atoms with Crippen molar-refractivity contribution in [3.05, 3.63) is 60.4 Å². The maximum atomic E-state index is 13.1. The van der Waals surface area contributed by atoms with Gasteiger partial charge in [-0.05, 0) is 43.2 Å². The van der Waals surface area contributed by atoms with Gasteiger partial charge in [-0.2, -0.15) is 5.26 Å². The van der Waals surface area contributed by atoms with E-state index < -0.39 is 15.9 Å². The van der Waals surface area contributed by atoms with E-state index >= 15 is 0 Å². The van der Waals surface area contributed by atoms with Gasteiger partial charge in [0, 0.05) is 42.8 Å². The summed E-state index contributed by atoms with van der Waals surface area (Å²) in [6, 6.07) is 17.0. The van der Waals surface area contributed by atoms with Crippen LogP contribution in [0.25, 0.3) is 27.8 Å². The largest absolute Gasteiger partial charge is 0.470 e. The van der Waals surface area contributed by atoms with Crippen molar-refractivity contribution in [2.75, 3.05) is 37.5 Å². The van der Waals surface area contributed by atoms with Crippen LogP contribution in [0.5, 0.6) is 5.88 Å². The highest BCUT2D eigenvalue weighted by Crippen LogP contribution is 2.37. The molecule has 0 aliphatic carbocycles. The Hall–Kier alpha value is -4.54. The van der Waals surface area contributed by atoms with E-state index in [9.17, 15) is 18.5 Å². The number of fused-ring (bicyclic) bond motifs is 1. The minimum absolute atomic E-state index is 0.0620. The van der Waals surface area contributed by atoms with Crippen molar-refractivity contribution in [1.29, 1.82) is 5.26 Å². The van der Waals surface area contributed by atoms with E-state index in [1.54, 1.807) is 10.9 Å². The van der Waals surface area contributed by atoms with Crippen LogP contribution in [0.2, 0.25) is 0 Å². The molecule has 2 aliphatic heterocycles. The quantitative estimate of drug-likeness (QED) is 0.341. The third kappa shape index (κ3) is 5.77. The first kappa shape index (κ1) is 27.6. The molecule has 0 bridgehead atoms. The van der Waals surface area contributed by atoms with Gasteiger partial charge in [-0.15, -0.1) is 5.10 Å². The summed E-state index contributed by atoms with van der Waals surface area (Å²) in [7, 11) is -3.84. The summed E-state index contributed by atoms with van der Waals surface area (Å²) in [5.74, 6) is 0.310. The van der Waals surface area contributed by atoms with Crippen molar-refractivity contribution in [3.63, 3.8) is 0 Å². The van der Waals surface area contributed by atoms with Gasteiger partial charge in [0.15, 0.2) is 5.65 Å². The maximum Gasteiger partial charge on any atom is 0.283 e. The predicted octanol–water partition coefficient (Wildman–Crippen LogP) is 3.08. The van der Waals surface area contributed by atoms with Crippen LogP contribution >= 0.6 is 0 Å². The molecule has 3 aromatic heterocycles. The number of carbonyl (C=O) groups is 1. The Balaban J connectivity index is 1.49. The number of para-hydroxylation sites is 1. The number of nitriles is 1. The van der Waals surface area contributed by atoms with Crippen molar-refractivity contribution >= 4 is 32.8 Å². The molecule has 0 saturated carbocycles. The number of aromatic nitrogens is 4. The van der Waals surface area contributed by atoms with Crippen LogP contribution in [0.4, 0.5) is 5.82 Å². The number of pyridine rings is 2. The summed E-state index contributed by atoms with van der Waals surface area (Å²) in [6.45, 7) is 2.49. The molecule has 1 aromatic carbocycles. The van der Waals surface area contributed by atoms with Gasteiger partial charge in [-0.1, -0.05) is 18.2 Å². The van der Waals surface area contributed by atoms with Gasteiger partial charge in [0.05, 0.1) is 36.6 Å². The molecule has 216 valence electrons. The first-order valence-corrected chi connectivity index (χ1v) is 15.5. The minimum atomic E-state index is -3.84. The summed E-state index contributed by atoms with van der Waals surface area (Å²) in [4.78, 5) is 24.5. The Labute approximate surface area is 242 Å². The fraction of sp³-hybridized carbons (Fsp3) is 0.345. The van der Waals surface area contributed by atoms with Gasteiger partial charge in [-0.25, -0.2) is 27.8 Å². The van der Waals surface area contributed by atoms with E-state index in [2.05, 4.69) is 16.0 Å². The molecule has 2 saturated heterocycles. The highest BCUT2D eigenvalue weighted by atomic mass is 32.2. The van der Waals surface area contributed by atoms with Gasteiger partial charge in [0.2, 0.25) is 15.9 Å². The van der Waals surface area contributed by atoms with E-state index in [1.807, 2.05) is 47.2 Å². The van der Waals surface area contributed by atoms with Crippen molar-refractivity contribution in [1.82, 2.24) is 24.5 Å². The summed E-state index contributed by atoms with van der Waals surface area (Å²) in [5.41, 5.74) is 2.16. The average Bonchev–Trinajstić information content (AvgIpc) is 3.65. The van der Waals surface area contributed by atoms with Crippen LogP contribution in [0.3, 0.4) is 0 Å². The fourth-order valence-electron chi connectivity index (χ4n) is 5.21. The van der Waals surface area contributed by atoms with Crippen LogP contribution in [0.1, 0.15) is 29.8 Å². The molecule has 2 aliphatic rings. The number of benzene rings is 1. The van der Waals surface area contributed by atoms with Gasteiger partial charge in [0.1, 0.15) is 17.6 Å². The standard InChI is InChI=1S/C29H29N7O5S/c1-42(38,39)34-28(37)24-15-23(20-7-8-25(31-17-20)35-12-9-19(16-30)10-13-35)26-27(32-24)36(21-5-3-2-4-6-21)33-29(26)41-22-11-14-40-18-22/h2-8,15,17,19,22H,9-14,18H2,1H3,(H,34,37). The number of hydrogen-bond acceptors (Lipinski definition) is 10. The van der Waals surface area contributed by atoms with Crippen molar-refractivity contribution in [3.8, 4) is 28.8 Å². The first-order valence-electron chi connectivity index (χ1n) is 13.7. The summed E-state index contributed by atoms with van der Waals surface area (Å²) >= 11 is 0. The zero-order chi connectivity index (χ0) is 29.3. The predicted molar refractivity (Wildman–Crippen MR) is 155 cm³/mol. The van der Waals surface area contributed by atoms with Crippen LogP contribution in [-0.2, 0) is 14.8 Å². The zero-order valence-corrected chi connectivity index (χ0v) is 23.7. The average molecular weight is 588 g/mol. The lowest BCUT2D eigenvalue weighted by Crippen LogP contribution is -2.33. The fourth-order valence-corrected chi connectivity index (χ4v) is 5.66. The minimum Gasteiger partial charge on any atom is -0.470 e. The molecule has 42 heavy (non-hydrogen) atoms. The number of piperidine rings is 1. The van der Waals surface area contributed by atoms with E-state index in [0.717, 1.165) is 38.0 Å². The molecular formula is C29H29N7O5S. The topological polar surface area (TPSA) is 152 Å². The Bertz CT molecular complexity index is 1750. The van der Waals surface area contributed by atoms with Gasteiger partial charge in [0.25, 0.3) is 5.91 Å². The third-order valence-electron chi connectivity index (χ3n) is 7.34. The molecule has 1 unspecified atom stereocenters. The highest BCUT2D eigenvalue weighted by Gasteiger charge is 2.27. The van der Waals surface area contributed by atoms with E-state index in [0.29, 0.717) is 53.4 Å². The zero-order valence-electron chi connectivity index (χ0n) is 22.9. The summed E-state index contributed by atoms with van der Waals surface area (Å²) in [6.07, 6.45) is 4.69. The van der Waals surface area contributed by atoms with Crippen LogP contribution < -0.4 is 14.4 Å². The maximum absolute atomic E-state index is 13.1. The van der Waals surface area contributed by atoms with Crippen LogP contribution in [0.15, 0.2) is 54.7 Å². The summed E-state index contributed by atoms with van der Waals surface area (Å²) < 4.78 is 39.2. The number of hydrogen-bond donors (Lipinski definition) is 1. The smallest absolute Gasteiger partial charge is 0.283 e. The molecule has 13 heteroatoms. The molecule has 1 N–H and O–H groups in total. The number of nitrogens with zero attached hydrogens (tertiary/aromatic N) is 6. The molecule has 12 nitrogen and oxygen atoms in total. The molecule has 1 atom stereocenters. The van der Waals surface area contributed by atoms with Crippen molar-refractivity contribution < 1.29 is 22.7 Å². The molecule has 6 rings (SSSR count). The number of rotatable bonds is 7. The SMILES string of the molecule is CS(=O)(=O)NC(=O)c1cc(-c2ccc(N3CCC(C#N)CC3)nc2)c2c(OC3CCOC3)nn(-c3ccccc3)c2n1. The van der Waals surface area contributed by atoms with E-state index in [4.69, 9.17) is 19.6 Å². The van der Waals surface area contributed by atoms with Crippen LogP contribution in [0, 0.1) is 17.2 Å².